The fourth-order valence-corrected chi connectivity index (χ4v) is 1.60. The lowest BCUT2D eigenvalue weighted by Gasteiger charge is -2.20. The van der Waals surface area contributed by atoms with E-state index in [0.717, 1.165) is 0 Å². The quantitative estimate of drug-likeness (QED) is 0.645. The van der Waals surface area contributed by atoms with Crippen LogP contribution in [-0.2, 0) is 4.79 Å². The molecule has 19 heavy (non-hydrogen) atoms. The molecule has 1 unspecified atom stereocenters. The molecule has 0 saturated heterocycles. The van der Waals surface area contributed by atoms with Crippen molar-refractivity contribution in [3.8, 4) is 0 Å². The van der Waals surface area contributed by atoms with Crippen molar-refractivity contribution in [3.63, 3.8) is 0 Å². The Morgan fingerprint density at radius 1 is 1.58 bits per heavy atom. The zero-order valence-electron chi connectivity index (χ0n) is 11.5. The number of carbonyl (C=O) groups is 1. The second kappa shape index (κ2) is 6.12. The lowest BCUT2D eigenvalue weighted by molar-refractivity contribution is -0.385. The van der Waals surface area contributed by atoms with Gasteiger partial charge >= 0.3 is 0 Å². The van der Waals surface area contributed by atoms with Crippen molar-refractivity contribution in [2.45, 2.75) is 26.8 Å². The van der Waals surface area contributed by atoms with Gasteiger partial charge in [-0.15, -0.1) is 0 Å². The molecule has 0 aliphatic carbocycles. The lowest BCUT2D eigenvalue weighted by Crippen LogP contribution is -2.39. The highest BCUT2D eigenvalue weighted by Crippen LogP contribution is 2.18. The first-order valence-electron chi connectivity index (χ1n) is 6.00. The normalized spacial score (nSPS) is 11.8. The molecule has 1 heterocycles. The molecule has 0 aliphatic heterocycles. The topological polar surface area (TPSA) is 88.4 Å². The maximum atomic E-state index is 11.9. The SMILES string of the molecule is CCN(C)C(=O)C(C)Nc1ccc([N+](=O)[O-])c(C)n1. The minimum atomic E-state index is -0.481. The van der Waals surface area contributed by atoms with E-state index in [4.69, 9.17) is 0 Å². The second-order valence-corrected chi connectivity index (χ2v) is 4.28. The van der Waals surface area contributed by atoms with Crippen molar-refractivity contribution in [1.82, 2.24) is 9.88 Å². The van der Waals surface area contributed by atoms with Crippen molar-refractivity contribution in [2.75, 3.05) is 18.9 Å². The van der Waals surface area contributed by atoms with Gasteiger partial charge in [0.15, 0.2) is 0 Å². The van der Waals surface area contributed by atoms with Gasteiger partial charge in [-0.2, -0.15) is 0 Å². The molecule has 1 aromatic heterocycles. The first-order valence-corrected chi connectivity index (χ1v) is 6.00. The van der Waals surface area contributed by atoms with Gasteiger partial charge in [0.25, 0.3) is 5.69 Å². The van der Waals surface area contributed by atoms with Crippen LogP contribution >= 0.6 is 0 Å². The third-order valence-corrected chi connectivity index (χ3v) is 2.84. The van der Waals surface area contributed by atoms with Gasteiger partial charge in [0.05, 0.1) is 4.92 Å². The molecule has 1 aromatic rings. The van der Waals surface area contributed by atoms with E-state index in [0.29, 0.717) is 18.1 Å². The number of nitrogens with one attached hydrogen (secondary N) is 1. The number of carbonyl (C=O) groups excluding carboxylic acids is 1. The van der Waals surface area contributed by atoms with Crippen LogP contribution in [0.3, 0.4) is 0 Å². The molecule has 0 aromatic carbocycles. The molecule has 1 atom stereocenters. The van der Waals surface area contributed by atoms with Crippen LogP contribution in [0.4, 0.5) is 11.5 Å². The second-order valence-electron chi connectivity index (χ2n) is 4.28. The molecule has 7 heteroatoms. The van der Waals surface area contributed by atoms with Gasteiger partial charge in [-0.05, 0) is 26.8 Å². The number of anilines is 1. The van der Waals surface area contributed by atoms with Crippen molar-refractivity contribution in [2.24, 2.45) is 0 Å². The van der Waals surface area contributed by atoms with Crippen LogP contribution in [0.15, 0.2) is 12.1 Å². The van der Waals surface area contributed by atoms with Crippen molar-refractivity contribution < 1.29 is 9.72 Å². The number of amides is 1. The van der Waals surface area contributed by atoms with Gasteiger partial charge in [0.2, 0.25) is 5.91 Å². The molecular formula is C12H18N4O3. The summed E-state index contributed by atoms with van der Waals surface area (Å²) in [5.74, 6) is 0.397. The van der Waals surface area contributed by atoms with Crippen LogP contribution in [-0.4, -0.2) is 40.3 Å². The number of nitrogens with zero attached hydrogens (tertiary/aromatic N) is 3. The highest BCUT2D eigenvalue weighted by molar-refractivity contribution is 5.83. The van der Waals surface area contributed by atoms with Gasteiger partial charge < -0.3 is 10.2 Å². The predicted molar refractivity (Wildman–Crippen MR) is 72.0 cm³/mol. The monoisotopic (exact) mass is 266 g/mol. The largest absolute Gasteiger partial charge is 0.359 e. The maximum Gasteiger partial charge on any atom is 0.290 e. The highest BCUT2D eigenvalue weighted by Gasteiger charge is 2.18. The fourth-order valence-electron chi connectivity index (χ4n) is 1.60. The number of rotatable bonds is 5. The molecule has 0 spiro atoms. The molecule has 1 rings (SSSR count). The summed E-state index contributed by atoms with van der Waals surface area (Å²) in [5.41, 5.74) is 0.286. The number of likely N-dealkylation sites (N-methyl/N-ethyl adjacent to an activating group) is 1. The zero-order chi connectivity index (χ0) is 14.6. The Bertz CT molecular complexity index is 490. The summed E-state index contributed by atoms with van der Waals surface area (Å²) in [5, 5.41) is 13.6. The molecule has 1 amide bonds. The van der Waals surface area contributed by atoms with Crippen LogP contribution in [0.2, 0.25) is 0 Å². The average molecular weight is 266 g/mol. The van der Waals surface area contributed by atoms with E-state index < -0.39 is 11.0 Å². The number of pyridine rings is 1. The number of hydrogen-bond acceptors (Lipinski definition) is 5. The summed E-state index contributed by atoms with van der Waals surface area (Å²) in [6.07, 6.45) is 0. The Labute approximate surface area is 111 Å². The van der Waals surface area contributed by atoms with Crippen LogP contribution in [0.1, 0.15) is 19.5 Å². The molecule has 0 radical (unpaired) electrons. The standard InChI is InChI=1S/C12H18N4O3/c1-5-15(4)12(17)9(3)14-11-7-6-10(16(18)19)8(2)13-11/h6-7,9H,5H2,1-4H3,(H,13,14). The van der Waals surface area contributed by atoms with E-state index in [9.17, 15) is 14.9 Å². The smallest absolute Gasteiger partial charge is 0.290 e. The van der Waals surface area contributed by atoms with Crippen molar-refractivity contribution in [3.05, 3.63) is 27.9 Å². The number of nitro groups is 1. The van der Waals surface area contributed by atoms with E-state index in [-0.39, 0.29) is 11.6 Å². The summed E-state index contributed by atoms with van der Waals surface area (Å²) in [7, 11) is 1.72. The Kier molecular flexibility index (Phi) is 4.80. The minimum absolute atomic E-state index is 0.0322. The maximum absolute atomic E-state index is 11.9. The molecule has 0 saturated carbocycles. The third-order valence-electron chi connectivity index (χ3n) is 2.84. The van der Waals surface area contributed by atoms with E-state index in [1.807, 2.05) is 6.92 Å². The van der Waals surface area contributed by atoms with Crippen LogP contribution < -0.4 is 5.32 Å². The van der Waals surface area contributed by atoms with Crippen LogP contribution in [0.5, 0.6) is 0 Å². The summed E-state index contributed by atoms with van der Waals surface area (Å²) >= 11 is 0. The summed E-state index contributed by atoms with van der Waals surface area (Å²) in [4.78, 5) is 27.7. The molecule has 0 aliphatic rings. The number of aryl methyl sites for hydroxylation is 1. The lowest BCUT2D eigenvalue weighted by atomic mass is 10.2. The number of hydrogen-bond donors (Lipinski definition) is 1. The Hall–Kier alpha value is -2.18. The van der Waals surface area contributed by atoms with Crippen molar-refractivity contribution in [1.29, 1.82) is 0 Å². The minimum Gasteiger partial charge on any atom is -0.359 e. The summed E-state index contributed by atoms with van der Waals surface area (Å²) in [6, 6.07) is 2.45. The number of aromatic nitrogens is 1. The summed E-state index contributed by atoms with van der Waals surface area (Å²) in [6.45, 7) is 5.80. The van der Waals surface area contributed by atoms with Crippen molar-refractivity contribution >= 4 is 17.4 Å². The predicted octanol–water partition coefficient (Wildman–Crippen LogP) is 1.58. The first kappa shape index (κ1) is 14.9. The van der Waals surface area contributed by atoms with Gasteiger partial charge in [0.1, 0.15) is 17.6 Å². The van der Waals surface area contributed by atoms with Gasteiger partial charge in [0, 0.05) is 19.7 Å². The summed E-state index contributed by atoms with van der Waals surface area (Å²) < 4.78 is 0. The van der Waals surface area contributed by atoms with Crippen LogP contribution in [0.25, 0.3) is 0 Å². The molecule has 1 N–H and O–H groups in total. The molecule has 104 valence electrons. The Morgan fingerprint density at radius 3 is 2.68 bits per heavy atom. The van der Waals surface area contributed by atoms with Crippen LogP contribution in [0, 0.1) is 17.0 Å². The first-order chi connectivity index (χ1) is 8.86. The van der Waals surface area contributed by atoms with E-state index >= 15 is 0 Å². The molecular weight excluding hydrogens is 248 g/mol. The zero-order valence-corrected chi connectivity index (χ0v) is 11.5. The molecule has 7 nitrogen and oxygen atoms in total. The third kappa shape index (κ3) is 3.64. The van der Waals surface area contributed by atoms with Gasteiger partial charge in [-0.3, -0.25) is 14.9 Å². The highest BCUT2D eigenvalue weighted by atomic mass is 16.6. The Balaban J connectivity index is 2.81. The Morgan fingerprint density at radius 2 is 2.21 bits per heavy atom. The van der Waals surface area contributed by atoms with E-state index in [1.165, 1.54) is 12.1 Å². The average Bonchev–Trinajstić information content (AvgIpc) is 2.36. The van der Waals surface area contributed by atoms with E-state index in [1.54, 1.807) is 25.8 Å². The molecule has 0 bridgehead atoms. The van der Waals surface area contributed by atoms with Gasteiger partial charge in [-0.25, -0.2) is 4.98 Å². The van der Waals surface area contributed by atoms with Gasteiger partial charge in [-0.1, -0.05) is 0 Å². The molecule has 0 fully saturated rings. The van der Waals surface area contributed by atoms with E-state index in [2.05, 4.69) is 10.3 Å². The fraction of sp³-hybridized carbons (Fsp3) is 0.500.